The van der Waals surface area contributed by atoms with E-state index in [1.165, 1.54) is 0 Å². The second-order valence-electron chi connectivity index (χ2n) is 12.2. The largest absolute Gasteiger partial charge is 0.463 e. The van der Waals surface area contributed by atoms with Crippen molar-refractivity contribution >= 4 is 41.3 Å². The number of ether oxygens (including phenoxy) is 1. The van der Waals surface area contributed by atoms with Crippen LogP contribution in [0.15, 0.2) is 71.6 Å². The fourth-order valence-electron chi connectivity index (χ4n) is 5.81. The SMILES string of the molecule is CSc1ccc2c(c1)CC[C@H]1NC(=O)CC(C)(C)NCCOC(=O)CNC(=O)NCc3ccccc3-c3ccc(cc3)CN2C1=O. The number of hydrogen-bond acceptors (Lipinski definition) is 7. The number of anilines is 1. The molecule has 46 heavy (non-hydrogen) atoms. The van der Waals surface area contributed by atoms with Gasteiger partial charge >= 0.3 is 12.0 Å². The van der Waals surface area contributed by atoms with Crippen molar-refractivity contribution in [3.8, 4) is 11.1 Å². The Balaban J connectivity index is 1.45. The van der Waals surface area contributed by atoms with Crippen LogP contribution in [0.3, 0.4) is 0 Å². The second-order valence-corrected chi connectivity index (χ2v) is 13.1. The lowest BCUT2D eigenvalue weighted by atomic mass is 9.98. The maximum absolute atomic E-state index is 14.1. The molecule has 4 N–H and O–H groups in total. The zero-order chi connectivity index (χ0) is 32.7. The van der Waals surface area contributed by atoms with Gasteiger partial charge in [-0.05, 0) is 79.0 Å². The molecule has 3 aromatic rings. The number of aryl methyl sites for hydroxylation is 1. The van der Waals surface area contributed by atoms with E-state index >= 15 is 0 Å². The van der Waals surface area contributed by atoms with Gasteiger partial charge in [-0.1, -0.05) is 48.5 Å². The Morgan fingerprint density at radius 1 is 0.913 bits per heavy atom. The number of thioether (sulfide) groups is 1. The number of nitrogens with zero attached hydrogens (tertiary/aromatic N) is 1. The molecule has 10 nitrogen and oxygen atoms in total. The third kappa shape index (κ3) is 8.46. The van der Waals surface area contributed by atoms with Crippen molar-refractivity contribution in [2.45, 2.75) is 62.7 Å². The average molecular weight is 644 g/mol. The lowest BCUT2D eigenvalue weighted by Crippen LogP contribution is -2.51. The Kier molecular flexibility index (Phi) is 10.6. The number of nitrogens with one attached hydrogen (secondary N) is 4. The van der Waals surface area contributed by atoms with E-state index in [1.807, 2.05) is 80.8 Å². The van der Waals surface area contributed by atoms with E-state index in [1.54, 1.807) is 16.7 Å². The molecule has 6 rings (SSSR count). The molecule has 0 aliphatic carbocycles. The zero-order valence-corrected chi connectivity index (χ0v) is 27.3. The smallest absolute Gasteiger partial charge is 0.325 e. The van der Waals surface area contributed by atoms with Gasteiger partial charge in [0.05, 0.1) is 6.54 Å². The van der Waals surface area contributed by atoms with E-state index in [0.717, 1.165) is 38.4 Å². The van der Waals surface area contributed by atoms with Crippen LogP contribution in [0.5, 0.6) is 0 Å². The first-order chi connectivity index (χ1) is 22.1. The van der Waals surface area contributed by atoms with E-state index in [2.05, 4.69) is 27.3 Å². The van der Waals surface area contributed by atoms with Gasteiger partial charge in [-0.3, -0.25) is 14.4 Å². The third-order valence-electron chi connectivity index (χ3n) is 8.21. The van der Waals surface area contributed by atoms with Crippen LogP contribution >= 0.6 is 11.8 Å². The van der Waals surface area contributed by atoms with Crippen LogP contribution in [-0.4, -0.2) is 61.3 Å². The van der Waals surface area contributed by atoms with Crippen LogP contribution in [0.25, 0.3) is 11.1 Å². The lowest BCUT2D eigenvalue weighted by Gasteiger charge is -2.29. The summed E-state index contributed by atoms with van der Waals surface area (Å²) in [6.07, 6.45) is 3.31. The molecule has 0 saturated carbocycles. The minimum atomic E-state index is -0.672. The van der Waals surface area contributed by atoms with Gasteiger partial charge in [-0.15, -0.1) is 11.8 Å². The summed E-state index contributed by atoms with van der Waals surface area (Å²) in [6, 6.07) is 20.8. The van der Waals surface area contributed by atoms with Gasteiger partial charge in [0.25, 0.3) is 0 Å². The normalized spacial score (nSPS) is 19.7. The Labute approximate surface area is 274 Å². The number of rotatable bonds is 1. The molecule has 1 atom stereocenters. The maximum atomic E-state index is 14.1. The van der Waals surface area contributed by atoms with Gasteiger partial charge < -0.3 is 30.9 Å². The Morgan fingerprint density at radius 3 is 2.46 bits per heavy atom. The Hall–Kier alpha value is -4.35. The monoisotopic (exact) mass is 643 g/mol. The number of amides is 4. The van der Waals surface area contributed by atoms with Crippen molar-refractivity contribution < 1.29 is 23.9 Å². The number of carbonyl (C=O) groups excluding carboxylic acids is 4. The molecule has 0 fully saturated rings. The molecule has 0 radical (unpaired) electrons. The lowest BCUT2D eigenvalue weighted by molar-refractivity contribution is -0.142. The van der Waals surface area contributed by atoms with Gasteiger partial charge in [0.1, 0.15) is 19.2 Å². The standard InChI is InChI=1S/C35H41N5O5S/c1-35(2)19-31(41)39-29-14-12-25-18-27(46-3)13-15-30(25)40(33(29)43)22-23-8-10-24(11-9-23)28-7-5-4-6-26(28)20-36-34(44)37-21-32(42)45-17-16-38-35/h4-11,13,15,18,29,38H,12,14,16-17,19-22H2,1-3H3,(H,39,41)(H2,36,37,44)/t29-/m1/s1. The molecule has 3 aromatic carbocycles. The highest BCUT2D eigenvalue weighted by molar-refractivity contribution is 7.98. The highest BCUT2D eigenvalue weighted by atomic mass is 32.2. The van der Waals surface area contributed by atoms with E-state index < -0.39 is 23.6 Å². The summed E-state index contributed by atoms with van der Waals surface area (Å²) >= 11 is 1.66. The minimum absolute atomic E-state index is 0.0748. The van der Waals surface area contributed by atoms with E-state index in [-0.39, 0.29) is 37.9 Å². The molecule has 0 unspecified atom stereocenters. The van der Waals surface area contributed by atoms with Crippen LogP contribution in [0.4, 0.5) is 10.5 Å². The molecule has 11 heteroatoms. The summed E-state index contributed by atoms with van der Waals surface area (Å²) in [7, 11) is 0. The van der Waals surface area contributed by atoms with Crippen molar-refractivity contribution in [2.24, 2.45) is 0 Å². The molecule has 4 bridgehead atoms. The zero-order valence-electron chi connectivity index (χ0n) is 26.5. The van der Waals surface area contributed by atoms with Crippen molar-refractivity contribution in [1.82, 2.24) is 21.3 Å². The summed E-state index contributed by atoms with van der Waals surface area (Å²) in [5, 5.41) is 11.6. The molecular weight excluding hydrogens is 602 g/mol. The van der Waals surface area contributed by atoms with Gasteiger partial charge in [0, 0.05) is 35.6 Å². The first kappa shape index (κ1) is 33.0. The summed E-state index contributed by atoms with van der Waals surface area (Å²) in [4.78, 5) is 54.9. The average Bonchev–Trinajstić information content (AvgIpc) is 3.16. The van der Waals surface area contributed by atoms with Crippen LogP contribution in [0.1, 0.15) is 43.4 Å². The summed E-state index contributed by atoms with van der Waals surface area (Å²) < 4.78 is 5.25. The second kappa shape index (κ2) is 14.8. The van der Waals surface area contributed by atoms with Crippen LogP contribution < -0.4 is 26.2 Å². The summed E-state index contributed by atoms with van der Waals surface area (Å²) in [5.74, 6) is -0.948. The Morgan fingerprint density at radius 2 is 1.67 bits per heavy atom. The predicted molar refractivity (Wildman–Crippen MR) is 179 cm³/mol. The van der Waals surface area contributed by atoms with Gasteiger partial charge in [0.2, 0.25) is 11.8 Å². The quantitative estimate of drug-likeness (QED) is 0.178. The molecule has 3 aliphatic heterocycles. The van der Waals surface area contributed by atoms with E-state index in [9.17, 15) is 19.2 Å². The van der Waals surface area contributed by atoms with E-state index in [0.29, 0.717) is 25.9 Å². The molecule has 242 valence electrons. The number of carbonyl (C=O) groups is 4. The van der Waals surface area contributed by atoms with Gasteiger partial charge in [-0.2, -0.15) is 0 Å². The fourth-order valence-corrected chi connectivity index (χ4v) is 6.28. The molecule has 4 amide bonds. The highest BCUT2D eigenvalue weighted by Gasteiger charge is 2.33. The molecular formula is C35H41N5O5S. The van der Waals surface area contributed by atoms with Crippen LogP contribution in [-0.2, 0) is 38.6 Å². The third-order valence-corrected chi connectivity index (χ3v) is 8.93. The molecule has 0 aromatic heterocycles. The van der Waals surface area contributed by atoms with Crippen molar-refractivity contribution in [2.75, 3.05) is 30.9 Å². The number of hydrogen-bond donors (Lipinski definition) is 4. The first-order valence-electron chi connectivity index (χ1n) is 15.5. The highest BCUT2D eigenvalue weighted by Crippen LogP contribution is 2.33. The molecule has 0 spiro atoms. The number of esters is 1. The number of benzene rings is 3. The summed E-state index contributed by atoms with van der Waals surface area (Å²) in [6.45, 7) is 4.51. The Bertz CT molecular complexity index is 1590. The van der Waals surface area contributed by atoms with Crippen molar-refractivity contribution in [1.29, 1.82) is 0 Å². The van der Waals surface area contributed by atoms with Gasteiger partial charge in [0.15, 0.2) is 0 Å². The fraction of sp³-hybridized carbons (Fsp3) is 0.371. The topological polar surface area (TPSA) is 129 Å². The molecule has 3 aliphatic rings. The van der Waals surface area contributed by atoms with E-state index in [4.69, 9.17) is 4.74 Å². The number of fused-ring (bicyclic) bond motifs is 16. The molecule has 0 saturated heterocycles. The summed E-state index contributed by atoms with van der Waals surface area (Å²) in [5.41, 5.74) is 5.10. The predicted octanol–water partition coefficient (Wildman–Crippen LogP) is 4.15. The minimum Gasteiger partial charge on any atom is -0.463 e. The van der Waals surface area contributed by atoms with Crippen molar-refractivity contribution in [3.05, 3.63) is 83.4 Å². The maximum Gasteiger partial charge on any atom is 0.325 e. The van der Waals surface area contributed by atoms with Crippen molar-refractivity contribution in [3.63, 3.8) is 0 Å². The van der Waals surface area contributed by atoms with Crippen LogP contribution in [0, 0.1) is 0 Å². The van der Waals surface area contributed by atoms with Gasteiger partial charge in [-0.25, -0.2) is 4.79 Å². The number of urea groups is 1. The molecule has 3 heterocycles. The first-order valence-corrected chi connectivity index (χ1v) is 16.7. The van der Waals surface area contributed by atoms with Crippen LogP contribution in [0.2, 0.25) is 0 Å².